The topological polar surface area (TPSA) is 25.8 Å². The Labute approximate surface area is 101 Å². The molecule has 1 fully saturated rings. The lowest BCUT2D eigenvalue weighted by molar-refractivity contribution is 0.625. The van der Waals surface area contributed by atoms with Gasteiger partial charge in [0.25, 0.3) is 0 Å². The molecule has 0 N–H and O–H groups in total. The summed E-state index contributed by atoms with van der Waals surface area (Å²) in [5.74, 6) is 0.554. The largest absolute Gasteiger partial charge is 0.207 e. The van der Waals surface area contributed by atoms with Gasteiger partial charge in [-0.3, -0.25) is 0 Å². The van der Waals surface area contributed by atoms with Crippen LogP contribution in [0.15, 0.2) is 24.3 Å². The second kappa shape index (κ2) is 3.50. The van der Waals surface area contributed by atoms with E-state index < -0.39 is 0 Å². The third kappa shape index (κ3) is 1.53. The number of benzene rings is 1. The first-order valence-electron chi connectivity index (χ1n) is 4.96. The summed E-state index contributed by atoms with van der Waals surface area (Å²) in [5.41, 5.74) is 0.959. The Balaban J connectivity index is 2.03. The number of nitrogens with zero attached hydrogens (tertiary/aromatic N) is 2. The normalized spacial score (nSPS) is 17.4. The minimum atomic E-state index is -0.219. The van der Waals surface area contributed by atoms with Gasteiger partial charge in [0.2, 0.25) is 4.47 Å². The second-order valence-corrected chi connectivity index (χ2v) is 5.29. The Morgan fingerprint density at radius 1 is 1.25 bits per heavy atom. The lowest BCUT2D eigenvalue weighted by Crippen LogP contribution is -2.10. The van der Waals surface area contributed by atoms with Crippen molar-refractivity contribution in [2.75, 3.05) is 0 Å². The summed E-state index contributed by atoms with van der Waals surface area (Å²) in [7, 11) is 0. The predicted molar refractivity (Wildman–Crippen MR) is 61.3 cm³/mol. The van der Waals surface area contributed by atoms with Crippen LogP contribution in [0.1, 0.15) is 24.2 Å². The maximum absolute atomic E-state index is 12.9. The van der Waals surface area contributed by atoms with Crippen molar-refractivity contribution in [2.24, 2.45) is 0 Å². The first-order chi connectivity index (χ1) is 7.71. The van der Waals surface area contributed by atoms with Crippen molar-refractivity contribution in [3.63, 3.8) is 0 Å². The molecule has 3 rings (SSSR count). The molecule has 1 aromatic heterocycles. The van der Waals surface area contributed by atoms with E-state index in [1.165, 1.54) is 23.7 Å². The predicted octanol–water partition coefficient (Wildman–Crippen LogP) is 3.41. The van der Waals surface area contributed by atoms with Crippen molar-refractivity contribution in [3.8, 4) is 0 Å². The molecular formula is C11H8ClFN2S. The Morgan fingerprint density at radius 2 is 1.94 bits per heavy atom. The Hall–Kier alpha value is -1.00. The van der Waals surface area contributed by atoms with Gasteiger partial charge >= 0.3 is 0 Å². The van der Waals surface area contributed by atoms with Gasteiger partial charge in [-0.2, -0.15) is 4.37 Å². The van der Waals surface area contributed by atoms with E-state index in [1.807, 2.05) is 0 Å². The smallest absolute Gasteiger partial charge is 0.203 e. The molecular weight excluding hydrogens is 247 g/mol. The maximum Gasteiger partial charge on any atom is 0.203 e. The fourth-order valence-corrected chi connectivity index (χ4v) is 2.62. The molecule has 1 aromatic carbocycles. The van der Waals surface area contributed by atoms with Crippen molar-refractivity contribution in [2.45, 2.75) is 18.3 Å². The fraction of sp³-hybridized carbons (Fsp3) is 0.273. The van der Waals surface area contributed by atoms with Crippen LogP contribution in [0.5, 0.6) is 0 Å². The van der Waals surface area contributed by atoms with Crippen LogP contribution in [-0.4, -0.2) is 9.36 Å². The molecule has 0 radical (unpaired) electrons. The molecule has 2 nitrogen and oxygen atoms in total. The molecule has 1 heterocycles. The van der Waals surface area contributed by atoms with E-state index in [-0.39, 0.29) is 11.2 Å². The standard InChI is InChI=1S/C11H8ClFN2S/c12-10-14-9(15-16-10)11(5-6-11)7-1-3-8(13)4-2-7/h1-4H,5-6H2. The molecule has 16 heavy (non-hydrogen) atoms. The summed E-state index contributed by atoms with van der Waals surface area (Å²) in [5, 5.41) is 0. The Bertz CT molecular complexity index is 519. The van der Waals surface area contributed by atoms with Crippen LogP contribution >= 0.6 is 23.1 Å². The van der Waals surface area contributed by atoms with Gasteiger partial charge in [-0.25, -0.2) is 9.37 Å². The Kier molecular flexibility index (Phi) is 2.23. The summed E-state index contributed by atoms with van der Waals surface area (Å²) in [6.45, 7) is 0. The SMILES string of the molecule is Fc1ccc(C2(c3nsc(Cl)n3)CC2)cc1. The molecule has 82 valence electrons. The van der Waals surface area contributed by atoms with E-state index in [0.717, 1.165) is 24.2 Å². The van der Waals surface area contributed by atoms with E-state index in [9.17, 15) is 4.39 Å². The summed E-state index contributed by atoms with van der Waals surface area (Å²) in [6, 6.07) is 6.56. The zero-order valence-electron chi connectivity index (χ0n) is 8.28. The highest BCUT2D eigenvalue weighted by molar-refractivity contribution is 7.10. The monoisotopic (exact) mass is 254 g/mol. The highest BCUT2D eigenvalue weighted by atomic mass is 35.5. The van der Waals surface area contributed by atoms with Crippen molar-refractivity contribution in [1.82, 2.24) is 9.36 Å². The third-order valence-corrected chi connectivity index (χ3v) is 3.77. The van der Waals surface area contributed by atoms with Crippen molar-refractivity contribution < 1.29 is 4.39 Å². The second-order valence-electron chi connectivity index (χ2n) is 3.96. The number of hydrogen-bond donors (Lipinski definition) is 0. The minimum absolute atomic E-state index is 0.114. The molecule has 1 saturated carbocycles. The van der Waals surface area contributed by atoms with Gasteiger partial charge in [0.05, 0.1) is 5.41 Å². The fourth-order valence-electron chi connectivity index (χ4n) is 1.93. The Morgan fingerprint density at radius 3 is 2.44 bits per heavy atom. The molecule has 1 aliphatic rings. The third-order valence-electron chi connectivity index (χ3n) is 2.98. The van der Waals surface area contributed by atoms with Crippen molar-refractivity contribution in [3.05, 3.63) is 45.9 Å². The number of hydrogen-bond acceptors (Lipinski definition) is 3. The summed E-state index contributed by atoms with van der Waals surface area (Å²) in [4.78, 5) is 4.22. The van der Waals surface area contributed by atoms with Crippen LogP contribution in [-0.2, 0) is 5.41 Å². The highest BCUT2D eigenvalue weighted by Gasteiger charge is 2.49. The van der Waals surface area contributed by atoms with Crippen LogP contribution in [0.2, 0.25) is 4.47 Å². The van der Waals surface area contributed by atoms with Crippen molar-refractivity contribution >= 4 is 23.1 Å². The molecule has 0 unspecified atom stereocenters. The molecule has 0 atom stereocenters. The van der Waals surface area contributed by atoms with Crippen LogP contribution < -0.4 is 0 Å². The van der Waals surface area contributed by atoms with Crippen LogP contribution in [0, 0.1) is 5.82 Å². The van der Waals surface area contributed by atoms with E-state index >= 15 is 0 Å². The summed E-state index contributed by atoms with van der Waals surface area (Å²) in [6.07, 6.45) is 2.01. The maximum atomic E-state index is 12.9. The van der Waals surface area contributed by atoms with Gasteiger partial charge in [0, 0.05) is 0 Å². The first kappa shape index (κ1) is 10.2. The van der Waals surface area contributed by atoms with Crippen molar-refractivity contribution in [1.29, 1.82) is 0 Å². The quantitative estimate of drug-likeness (QED) is 0.821. The van der Waals surface area contributed by atoms with Crippen LogP contribution in [0.25, 0.3) is 0 Å². The summed E-state index contributed by atoms with van der Waals surface area (Å²) >= 11 is 6.99. The van der Waals surface area contributed by atoms with Gasteiger partial charge in [0.1, 0.15) is 5.82 Å². The molecule has 0 spiro atoms. The van der Waals surface area contributed by atoms with Crippen LogP contribution in [0.3, 0.4) is 0 Å². The van der Waals surface area contributed by atoms with E-state index in [1.54, 1.807) is 12.1 Å². The van der Waals surface area contributed by atoms with Gasteiger partial charge in [0.15, 0.2) is 5.82 Å². The van der Waals surface area contributed by atoms with Gasteiger partial charge in [-0.05, 0) is 53.7 Å². The van der Waals surface area contributed by atoms with E-state index in [4.69, 9.17) is 11.6 Å². The number of rotatable bonds is 2. The molecule has 0 aliphatic heterocycles. The summed E-state index contributed by atoms with van der Waals surface area (Å²) < 4.78 is 17.6. The molecule has 1 aliphatic carbocycles. The molecule has 5 heteroatoms. The first-order valence-corrected chi connectivity index (χ1v) is 6.12. The lowest BCUT2D eigenvalue weighted by atomic mass is 9.95. The van der Waals surface area contributed by atoms with Gasteiger partial charge < -0.3 is 0 Å². The average Bonchev–Trinajstić information content (AvgIpc) is 2.97. The molecule has 2 aromatic rings. The molecule has 0 amide bonds. The average molecular weight is 255 g/mol. The zero-order chi connectivity index (χ0) is 11.2. The molecule has 0 saturated heterocycles. The number of halogens is 2. The van der Waals surface area contributed by atoms with E-state index in [2.05, 4.69) is 9.36 Å². The number of aromatic nitrogens is 2. The van der Waals surface area contributed by atoms with Gasteiger partial charge in [-0.1, -0.05) is 12.1 Å². The van der Waals surface area contributed by atoms with Crippen LogP contribution in [0.4, 0.5) is 4.39 Å². The molecule has 0 bridgehead atoms. The van der Waals surface area contributed by atoms with E-state index in [0.29, 0.717) is 4.47 Å². The lowest BCUT2D eigenvalue weighted by Gasteiger charge is -2.11. The van der Waals surface area contributed by atoms with Gasteiger partial charge in [-0.15, -0.1) is 0 Å². The highest BCUT2D eigenvalue weighted by Crippen LogP contribution is 2.52. The zero-order valence-corrected chi connectivity index (χ0v) is 9.85. The minimum Gasteiger partial charge on any atom is -0.207 e.